The molecule has 2 fully saturated rings. The Kier molecular flexibility index (Phi) is 4.66. The summed E-state index contributed by atoms with van der Waals surface area (Å²) in [6.07, 6.45) is -1.41. The van der Waals surface area contributed by atoms with Crippen LogP contribution in [0.4, 0.5) is 18.9 Å². The van der Waals surface area contributed by atoms with E-state index < -0.39 is 17.3 Å². The van der Waals surface area contributed by atoms with Crippen molar-refractivity contribution in [3.63, 3.8) is 0 Å². The molecular formula is C18H26F3N2O+. The number of likely N-dealkylation sites (tertiary alicyclic amines) is 1. The zero-order chi connectivity index (χ0) is 17.4. The summed E-state index contributed by atoms with van der Waals surface area (Å²) in [7, 11) is 0. The van der Waals surface area contributed by atoms with Crippen molar-refractivity contribution in [1.29, 1.82) is 0 Å². The maximum absolute atomic E-state index is 13.6. The van der Waals surface area contributed by atoms with Crippen LogP contribution in [-0.4, -0.2) is 42.9 Å². The summed E-state index contributed by atoms with van der Waals surface area (Å²) >= 11 is 0. The Labute approximate surface area is 141 Å². The molecule has 0 aliphatic carbocycles. The summed E-state index contributed by atoms with van der Waals surface area (Å²) < 4.78 is 41.2. The van der Waals surface area contributed by atoms with E-state index in [4.69, 9.17) is 0 Å². The monoisotopic (exact) mass is 343 g/mol. The van der Waals surface area contributed by atoms with E-state index in [0.717, 1.165) is 25.9 Å². The fourth-order valence-corrected chi connectivity index (χ4v) is 4.28. The quantitative estimate of drug-likeness (QED) is 0.808. The Morgan fingerprint density at radius 2 is 1.88 bits per heavy atom. The molecule has 1 atom stereocenters. The molecule has 0 spiro atoms. The molecule has 2 saturated heterocycles. The molecule has 134 valence electrons. The highest BCUT2D eigenvalue weighted by molar-refractivity contribution is 5.53. The van der Waals surface area contributed by atoms with Gasteiger partial charge in [-0.1, -0.05) is 12.1 Å². The molecule has 2 aliphatic heterocycles. The molecule has 2 N–H and O–H groups in total. The Balaban J connectivity index is 2.06. The van der Waals surface area contributed by atoms with Crippen molar-refractivity contribution in [3.05, 3.63) is 29.8 Å². The van der Waals surface area contributed by atoms with Crippen molar-refractivity contribution in [2.45, 2.75) is 50.4 Å². The molecule has 1 aromatic rings. The number of piperidine rings is 2. The molecule has 3 rings (SSSR count). The maximum atomic E-state index is 13.6. The van der Waals surface area contributed by atoms with Crippen molar-refractivity contribution in [2.24, 2.45) is 0 Å². The lowest BCUT2D eigenvalue weighted by Crippen LogP contribution is -2.66. The van der Waals surface area contributed by atoms with Gasteiger partial charge in [0.1, 0.15) is 17.3 Å². The van der Waals surface area contributed by atoms with Gasteiger partial charge < -0.3 is 10.4 Å². The number of benzene rings is 1. The van der Waals surface area contributed by atoms with Gasteiger partial charge in [0, 0.05) is 25.8 Å². The second-order valence-electron chi connectivity index (χ2n) is 7.49. The van der Waals surface area contributed by atoms with Crippen LogP contribution in [0.3, 0.4) is 0 Å². The van der Waals surface area contributed by atoms with Gasteiger partial charge in [-0.15, -0.1) is 0 Å². The Morgan fingerprint density at radius 1 is 1.21 bits per heavy atom. The summed E-state index contributed by atoms with van der Waals surface area (Å²) in [4.78, 5) is 0. The highest BCUT2D eigenvalue weighted by Crippen LogP contribution is 2.44. The summed E-state index contributed by atoms with van der Waals surface area (Å²) in [5, 5.41) is 13.7. The van der Waals surface area contributed by atoms with E-state index >= 15 is 0 Å². The summed E-state index contributed by atoms with van der Waals surface area (Å²) in [5.41, 5.74) is -0.942. The van der Waals surface area contributed by atoms with Crippen LogP contribution in [0.2, 0.25) is 0 Å². The number of halogens is 3. The van der Waals surface area contributed by atoms with Crippen LogP contribution >= 0.6 is 0 Å². The topological polar surface area (TPSA) is 32.3 Å². The number of alkyl halides is 3. The van der Waals surface area contributed by atoms with E-state index in [9.17, 15) is 18.3 Å². The zero-order valence-electron chi connectivity index (χ0n) is 14.1. The van der Waals surface area contributed by atoms with E-state index in [1.165, 1.54) is 12.1 Å². The minimum Gasteiger partial charge on any atom is -0.390 e. The van der Waals surface area contributed by atoms with Crippen molar-refractivity contribution < 1.29 is 18.3 Å². The van der Waals surface area contributed by atoms with Gasteiger partial charge in [0.05, 0.1) is 18.7 Å². The highest BCUT2D eigenvalue weighted by Gasteiger charge is 2.49. The van der Waals surface area contributed by atoms with Crippen molar-refractivity contribution >= 4 is 5.69 Å². The minimum absolute atomic E-state index is 0.123. The third-order valence-electron chi connectivity index (χ3n) is 5.76. The van der Waals surface area contributed by atoms with Crippen LogP contribution in [0.5, 0.6) is 0 Å². The third-order valence-corrected chi connectivity index (χ3v) is 5.76. The lowest BCUT2D eigenvalue weighted by Gasteiger charge is -2.51. The van der Waals surface area contributed by atoms with Crippen LogP contribution in [-0.2, 0) is 6.18 Å². The van der Waals surface area contributed by atoms with Crippen LogP contribution in [0, 0.1) is 0 Å². The predicted molar refractivity (Wildman–Crippen MR) is 88.7 cm³/mol. The average molecular weight is 343 g/mol. The number of para-hydroxylation sites is 1. The van der Waals surface area contributed by atoms with Gasteiger partial charge in [0.15, 0.2) is 0 Å². The molecule has 3 nitrogen and oxygen atoms in total. The zero-order valence-corrected chi connectivity index (χ0v) is 14.1. The van der Waals surface area contributed by atoms with Gasteiger partial charge in [0.25, 0.3) is 0 Å². The number of aliphatic hydroxyl groups is 1. The van der Waals surface area contributed by atoms with E-state index in [0.29, 0.717) is 36.1 Å². The lowest BCUT2D eigenvalue weighted by atomic mass is 9.87. The van der Waals surface area contributed by atoms with Crippen molar-refractivity contribution in [3.8, 4) is 0 Å². The first-order valence-electron chi connectivity index (χ1n) is 8.71. The molecule has 1 aromatic carbocycles. The van der Waals surface area contributed by atoms with E-state index in [-0.39, 0.29) is 6.04 Å². The highest BCUT2D eigenvalue weighted by atomic mass is 19.4. The fraction of sp³-hybridized carbons (Fsp3) is 0.667. The second kappa shape index (κ2) is 6.32. The predicted octanol–water partition coefficient (Wildman–Crippen LogP) is 3.31. The van der Waals surface area contributed by atoms with Crippen LogP contribution in [0.15, 0.2) is 24.3 Å². The molecule has 2 aliphatic rings. The number of nitrogens with zero attached hydrogens (tertiary/aromatic N) is 1. The number of hydrogen-bond donors (Lipinski definition) is 2. The molecule has 24 heavy (non-hydrogen) atoms. The fourth-order valence-electron chi connectivity index (χ4n) is 4.28. The van der Waals surface area contributed by atoms with Crippen LogP contribution < -0.4 is 9.80 Å². The van der Waals surface area contributed by atoms with Gasteiger partial charge in [-0.2, -0.15) is 13.2 Å². The van der Waals surface area contributed by atoms with Gasteiger partial charge >= 0.3 is 6.18 Å². The molecule has 0 aromatic heterocycles. The summed E-state index contributed by atoms with van der Waals surface area (Å²) in [5.74, 6) is 0. The molecule has 0 amide bonds. The van der Waals surface area contributed by atoms with Gasteiger partial charge in [0.2, 0.25) is 0 Å². The number of hydrogen-bond acceptors (Lipinski definition) is 2. The van der Waals surface area contributed by atoms with E-state index in [2.05, 4.69) is 5.32 Å². The van der Waals surface area contributed by atoms with Crippen LogP contribution in [0.25, 0.3) is 0 Å². The normalized spacial score (nSPS) is 35.0. The SMILES string of the molecule is CC1(O)CC[N+](c2ccccc2C(F)(F)F)(C2CCCNC2)CC1. The number of nitrogens with one attached hydrogen (secondary N) is 1. The second-order valence-corrected chi connectivity index (χ2v) is 7.49. The Morgan fingerprint density at radius 3 is 2.46 bits per heavy atom. The van der Waals surface area contributed by atoms with Gasteiger partial charge in [-0.3, -0.25) is 4.48 Å². The van der Waals surface area contributed by atoms with Crippen molar-refractivity contribution in [1.82, 2.24) is 9.80 Å². The first kappa shape index (κ1) is 17.7. The third kappa shape index (κ3) is 3.32. The van der Waals surface area contributed by atoms with Gasteiger partial charge in [-0.05, 0) is 32.0 Å². The first-order chi connectivity index (χ1) is 11.2. The summed E-state index contributed by atoms with van der Waals surface area (Å²) in [6, 6.07) is 6.11. The first-order valence-corrected chi connectivity index (χ1v) is 8.71. The lowest BCUT2D eigenvalue weighted by molar-refractivity contribution is -0.138. The molecule has 0 bridgehead atoms. The standard InChI is InChI=1S/C18H26F3N2O/c1-17(24)8-11-23(12-9-17,14-5-4-10-22-13-14)16-7-3-2-6-15(16)18(19,20)21/h2-3,6-7,14,22,24H,4-5,8-13H2,1H3/q+1. The molecule has 6 heteroatoms. The van der Waals surface area contributed by atoms with Gasteiger partial charge in [-0.25, -0.2) is 0 Å². The molecule has 1 unspecified atom stereocenters. The molecular weight excluding hydrogens is 317 g/mol. The van der Waals surface area contributed by atoms with E-state index in [1.54, 1.807) is 19.1 Å². The molecule has 0 saturated carbocycles. The summed E-state index contributed by atoms with van der Waals surface area (Å²) in [6.45, 7) is 4.54. The maximum Gasteiger partial charge on any atom is 0.422 e. The van der Waals surface area contributed by atoms with E-state index in [1.807, 2.05) is 0 Å². The Hall–Kier alpha value is -1.11. The van der Waals surface area contributed by atoms with Crippen LogP contribution in [0.1, 0.15) is 38.2 Å². The minimum atomic E-state index is -4.36. The average Bonchev–Trinajstić information content (AvgIpc) is 2.55. The number of quaternary nitrogens is 1. The van der Waals surface area contributed by atoms with Crippen molar-refractivity contribution in [2.75, 3.05) is 26.2 Å². The Bertz CT molecular complexity index is 570. The smallest absolute Gasteiger partial charge is 0.390 e. The largest absolute Gasteiger partial charge is 0.422 e. The molecule has 2 heterocycles. The number of rotatable bonds is 2. The molecule has 0 radical (unpaired) electrons.